The first-order valence-electron chi connectivity index (χ1n) is 7.84. The molecule has 0 spiro atoms. The van der Waals surface area contributed by atoms with Gasteiger partial charge in [0.2, 0.25) is 0 Å². The van der Waals surface area contributed by atoms with E-state index in [1.807, 2.05) is 30.3 Å². The van der Waals surface area contributed by atoms with Crippen molar-refractivity contribution in [3.8, 4) is 0 Å². The van der Waals surface area contributed by atoms with Crippen LogP contribution in [0.3, 0.4) is 0 Å². The third kappa shape index (κ3) is 3.29. The maximum Gasteiger partial charge on any atom is 0.337 e. The number of carbonyl (C=O) groups excluding carboxylic acids is 1. The fourth-order valence-electron chi connectivity index (χ4n) is 2.75. The van der Waals surface area contributed by atoms with Crippen LogP contribution in [0.5, 0.6) is 0 Å². The number of aliphatic hydroxyl groups excluding tert-OH is 1. The highest BCUT2D eigenvalue weighted by atomic mass is 16.5. The molecule has 0 aliphatic carbocycles. The van der Waals surface area contributed by atoms with E-state index in [1.165, 1.54) is 23.8 Å². The number of fused-ring (bicyclic) bond motifs is 1. The van der Waals surface area contributed by atoms with Crippen LogP contribution in [0.1, 0.15) is 27.8 Å². The summed E-state index contributed by atoms with van der Waals surface area (Å²) >= 11 is 0. The van der Waals surface area contributed by atoms with Crippen molar-refractivity contribution in [1.82, 2.24) is 9.55 Å². The highest BCUT2D eigenvalue weighted by Crippen LogP contribution is 2.16. The molecule has 0 amide bonds. The minimum Gasteiger partial charge on any atom is -0.465 e. The summed E-state index contributed by atoms with van der Waals surface area (Å²) in [5, 5.41) is 10.8. The number of ether oxygens (including phenoxy) is 1. The van der Waals surface area contributed by atoms with Crippen molar-refractivity contribution in [3.05, 3.63) is 75.8 Å². The van der Waals surface area contributed by atoms with E-state index in [9.17, 15) is 14.7 Å². The number of carbonyl (C=O) groups is 1. The zero-order chi connectivity index (χ0) is 18.0. The van der Waals surface area contributed by atoms with Gasteiger partial charge in [-0.1, -0.05) is 30.3 Å². The molecule has 1 aromatic heterocycles. The van der Waals surface area contributed by atoms with Crippen LogP contribution in [-0.2, 0) is 11.3 Å². The van der Waals surface area contributed by atoms with E-state index < -0.39 is 12.1 Å². The predicted molar refractivity (Wildman–Crippen MR) is 93.5 cm³/mol. The maximum absolute atomic E-state index is 12.8. The molecule has 1 atom stereocenters. The summed E-state index contributed by atoms with van der Waals surface area (Å²) in [7, 11) is 1.30. The van der Waals surface area contributed by atoms with Gasteiger partial charge >= 0.3 is 5.97 Å². The van der Waals surface area contributed by atoms with Crippen molar-refractivity contribution < 1.29 is 14.6 Å². The monoisotopic (exact) mass is 338 g/mol. The second-order valence-corrected chi connectivity index (χ2v) is 5.72. The Morgan fingerprint density at radius 1 is 1.24 bits per heavy atom. The van der Waals surface area contributed by atoms with Gasteiger partial charge in [-0.3, -0.25) is 9.36 Å². The lowest BCUT2D eigenvalue weighted by atomic mass is 10.1. The number of methoxy groups -OCH3 is 1. The van der Waals surface area contributed by atoms with Crippen molar-refractivity contribution in [2.45, 2.75) is 19.6 Å². The van der Waals surface area contributed by atoms with Crippen LogP contribution in [0.4, 0.5) is 0 Å². The molecular weight excluding hydrogens is 320 g/mol. The van der Waals surface area contributed by atoms with Crippen LogP contribution in [0, 0.1) is 6.92 Å². The second-order valence-electron chi connectivity index (χ2n) is 5.72. The number of esters is 1. The predicted octanol–water partition coefficient (Wildman–Crippen LogP) is 2.23. The van der Waals surface area contributed by atoms with Crippen LogP contribution < -0.4 is 5.56 Å². The summed E-state index contributed by atoms with van der Waals surface area (Å²) in [4.78, 5) is 28.8. The van der Waals surface area contributed by atoms with Crippen molar-refractivity contribution in [2.75, 3.05) is 7.11 Å². The van der Waals surface area contributed by atoms with Gasteiger partial charge in [0, 0.05) is 0 Å². The van der Waals surface area contributed by atoms with Gasteiger partial charge in [-0.15, -0.1) is 0 Å². The largest absolute Gasteiger partial charge is 0.465 e. The normalized spacial score (nSPS) is 12.1. The summed E-state index contributed by atoms with van der Waals surface area (Å²) in [6.45, 7) is 1.81. The third-order valence-corrected chi connectivity index (χ3v) is 4.11. The van der Waals surface area contributed by atoms with E-state index in [1.54, 1.807) is 13.0 Å². The summed E-state index contributed by atoms with van der Waals surface area (Å²) in [6, 6.07) is 13.8. The minimum absolute atomic E-state index is 0.108. The van der Waals surface area contributed by atoms with E-state index in [2.05, 4.69) is 9.72 Å². The molecule has 0 bridgehead atoms. The average molecular weight is 338 g/mol. The molecule has 1 heterocycles. The number of nitrogens with zero attached hydrogens (tertiary/aromatic N) is 2. The van der Waals surface area contributed by atoms with Crippen LogP contribution in [0.25, 0.3) is 10.9 Å². The molecule has 0 aliphatic heterocycles. The Bertz CT molecular complexity index is 980. The number of aryl methyl sites for hydroxylation is 1. The van der Waals surface area contributed by atoms with E-state index in [0.717, 1.165) is 5.56 Å². The summed E-state index contributed by atoms with van der Waals surface area (Å²) in [5.41, 5.74) is 1.24. The number of aliphatic hydroxyl groups is 1. The molecule has 1 unspecified atom stereocenters. The topological polar surface area (TPSA) is 81.4 Å². The van der Waals surface area contributed by atoms with Gasteiger partial charge in [0.1, 0.15) is 5.82 Å². The molecule has 0 radical (unpaired) electrons. The molecule has 25 heavy (non-hydrogen) atoms. The third-order valence-electron chi connectivity index (χ3n) is 4.11. The first-order chi connectivity index (χ1) is 12.0. The Morgan fingerprint density at radius 2 is 1.96 bits per heavy atom. The molecule has 6 heteroatoms. The first-order valence-corrected chi connectivity index (χ1v) is 7.84. The number of aromatic nitrogens is 2. The minimum atomic E-state index is -0.814. The lowest BCUT2D eigenvalue weighted by molar-refractivity contribution is 0.0601. The Hall–Kier alpha value is -2.99. The Balaban J connectivity index is 2.02. The summed E-state index contributed by atoms with van der Waals surface area (Å²) in [5.74, 6) is -0.0143. The molecule has 2 aromatic carbocycles. The zero-order valence-electron chi connectivity index (χ0n) is 14.0. The standard InChI is InChI=1S/C19H18N2O4/c1-12-20-16-10-14(19(24)25-2)8-9-15(16)18(23)21(12)11-17(22)13-6-4-3-5-7-13/h3-10,17,22H,11H2,1-2H3. The zero-order valence-corrected chi connectivity index (χ0v) is 14.0. The molecule has 0 fully saturated rings. The summed E-state index contributed by atoms with van der Waals surface area (Å²) < 4.78 is 6.13. The van der Waals surface area contributed by atoms with Crippen LogP contribution >= 0.6 is 0 Å². The number of rotatable bonds is 4. The van der Waals surface area contributed by atoms with E-state index in [-0.39, 0.29) is 12.1 Å². The number of hydrogen-bond acceptors (Lipinski definition) is 5. The molecule has 1 N–H and O–H groups in total. The quantitative estimate of drug-likeness (QED) is 0.738. The van der Waals surface area contributed by atoms with Gasteiger partial charge in [0.15, 0.2) is 0 Å². The fourth-order valence-corrected chi connectivity index (χ4v) is 2.75. The molecule has 0 saturated heterocycles. The molecule has 6 nitrogen and oxygen atoms in total. The Morgan fingerprint density at radius 3 is 2.64 bits per heavy atom. The van der Waals surface area contributed by atoms with Crippen molar-refractivity contribution in [2.24, 2.45) is 0 Å². The van der Waals surface area contributed by atoms with Gasteiger partial charge in [-0.05, 0) is 30.7 Å². The lowest BCUT2D eigenvalue weighted by Crippen LogP contribution is -2.26. The van der Waals surface area contributed by atoms with Gasteiger partial charge in [-0.25, -0.2) is 9.78 Å². The van der Waals surface area contributed by atoms with Crippen molar-refractivity contribution in [1.29, 1.82) is 0 Å². The molecular formula is C19H18N2O4. The van der Waals surface area contributed by atoms with Gasteiger partial charge in [0.25, 0.3) is 5.56 Å². The van der Waals surface area contributed by atoms with Crippen molar-refractivity contribution in [3.63, 3.8) is 0 Å². The van der Waals surface area contributed by atoms with Gasteiger partial charge in [-0.2, -0.15) is 0 Å². The lowest BCUT2D eigenvalue weighted by Gasteiger charge is -2.16. The Labute approximate surface area is 144 Å². The molecule has 0 aliphatic rings. The first kappa shape index (κ1) is 16.9. The smallest absolute Gasteiger partial charge is 0.337 e. The second kappa shape index (κ2) is 6.86. The van der Waals surface area contributed by atoms with Crippen molar-refractivity contribution >= 4 is 16.9 Å². The van der Waals surface area contributed by atoms with E-state index >= 15 is 0 Å². The molecule has 0 saturated carbocycles. The highest BCUT2D eigenvalue weighted by molar-refractivity contribution is 5.94. The van der Waals surface area contributed by atoms with E-state index in [4.69, 9.17) is 0 Å². The maximum atomic E-state index is 12.8. The Kier molecular flexibility index (Phi) is 4.63. The molecule has 3 aromatic rings. The fraction of sp³-hybridized carbons (Fsp3) is 0.211. The van der Waals surface area contributed by atoms with Crippen LogP contribution in [-0.4, -0.2) is 27.7 Å². The van der Waals surface area contributed by atoms with Gasteiger partial charge in [0.05, 0.1) is 36.2 Å². The average Bonchev–Trinajstić information content (AvgIpc) is 2.64. The highest BCUT2D eigenvalue weighted by Gasteiger charge is 2.15. The van der Waals surface area contributed by atoms with Gasteiger partial charge < -0.3 is 9.84 Å². The van der Waals surface area contributed by atoms with Crippen LogP contribution in [0.2, 0.25) is 0 Å². The van der Waals surface area contributed by atoms with Crippen LogP contribution in [0.15, 0.2) is 53.3 Å². The molecule has 128 valence electrons. The summed E-state index contributed by atoms with van der Waals surface area (Å²) in [6.07, 6.45) is -0.814. The number of benzene rings is 2. The van der Waals surface area contributed by atoms with E-state index in [0.29, 0.717) is 22.3 Å². The SMILES string of the molecule is COC(=O)c1ccc2c(=O)n(CC(O)c3ccccc3)c(C)nc2c1. The molecule has 3 rings (SSSR count). The number of hydrogen-bond donors (Lipinski definition) is 1.